The van der Waals surface area contributed by atoms with Crippen LogP contribution in [0.15, 0.2) is 52.4 Å². The highest BCUT2D eigenvalue weighted by atomic mass is 32.2. The molecule has 0 aromatic heterocycles. The van der Waals surface area contributed by atoms with Crippen LogP contribution >= 0.6 is 11.8 Å². The number of rotatable bonds is 7. The van der Waals surface area contributed by atoms with E-state index >= 15 is 0 Å². The Hall–Kier alpha value is -3.33. The molecule has 156 valence electrons. The van der Waals surface area contributed by atoms with Gasteiger partial charge in [-0.05, 0) is 54.6 Å². The molecule has 0 saturated carbocycles. The van der Waals surface area contributed by atoms with Crippen molar-refractivity contribution < 1.29 is 28.2 Å². The number of hydrogen-bond acceptors (Lipinski definition) is 7. The fourth-order valence-electron chi connectivity index (χ4n) is 2.52. The number of carbonyl (C=O) groups excluding carboxylic acids is 2. The molecule has 0 radical (unpaired) electrons. The fraction of sp³-hybridized carbons (Fsp3) is 0.190. The van der Waals surface area contributed by atoms with Crippen LogP contribution in [0.5, 0.6) is 11.5 Å². The maximum atomic E-state index is 13.8. The predicted molar refractivity (Wildman–Crippen MR) is 112 cm³/mol. The number of nitrogens with zero attached hydrogens (tertiary/aromatic N) is 1. The van der Waals surface area contributed by atoms with E-state index in [0.717, 1.165) is 11.8 Å². The van der Waals surface area contributed by atoms with Gasteiger partial charge in [-0.3, -0.25) is 4.79 Å². The van der Waals surface area contributed by atoms with Crippen LogP contribution in [0, 0.1) is 5.82 Å². The number of methoxy groups -OCH3 is 1. The lowest BCUT2D eigenvalue weighted by molar-refractivity contribution is -0.145. The molecule has 1 fully saturated rings. The maximum Gasteiger partial charge on any atom is 0.344 e. The average molecular weight is 430 g/mol. The van der Waals surface area contributed by atoms with E-state index in [0.29, 0.717) is 22.0 Å². The van der Waals surface area contributed by atoms with Gasteiger partial charge >= 0.3 is 5.97 Å². The van der Waals surface area contributed by atoms with Crippen LogP contribution in [0.2, 0.25) is 0 Å². The van der Waals surface area contributed by atoms with E-state index in [4.69, 9.17) is 14.2 Å². The molecule has 2 aromatic carbocycles. The molecule has 0 unspecified atom stereocenters. The highest BCUT2D eigenvalue weighted by molar-refractivity contribution is 8.18. The Kier molecular flexibility index (Phi) is 7.08. The third kappa shape index (κ3) is 5.38. The number of esters is 1. The first kappa shape index (κ1) is 21.4. The average Bonchev–Trinajstić information content (AvgIpc) is 3.07. The molecule has 0 spiro atoms. The first-order valence-electron chi connectivity index (χ1n) is 9.00. The first-order chi connectivity index (χ1) is 14.5. The Morgan fingerprint density at radius 1 is 1.23 bits per heavy atom. The molecule has 0 aliphatic carbocycles. The monoisotopic (exact) mass is 430 g/mol. The smallest absolute Gasteiger partial charge is 0.344 e. The van der Waals surface area contributed by atoms with E-state index < -0.39 is 11.8 Å². The van der Waals surface area contributed by atoms with E-state index in [1.807, 2.05) is 0 Å². The van der Waals surface area contributed by atoms with Crippen LogP contribution in [0.4, 0.5) is 10.1 Å². The second-order valence-corrected chi connectivity index (χ2v) is 6.97. The zero-order valence-electron chi connectivity index (χ0n) is 16.3. The largest absolute Gasteiger partial charge is 0.493 e. The van der Waals surface area contributed by atoms with E-state index in [1.54, 1.807) is 43.3 Å². The van der Waals surface area contributed by atoms with Crippen LogP contribution in [0.25, 0.3) is 6.08 Å². The minimum Gasteiger partial charge on any atom is -0.493 e. The molecule has 0 atom stereocenters. The Labute approximate surface area is 176 Å². The third-order valence-electron chi connectivity index (χ3n) is 3.86. The van der Waals surface area contributed by atoms with Gasteiger partial charge in [0.25, 0.3) is 5.91 Å². The van der Waals surface area contributed by atoms with E-state index in [-0.39, 0.29) is 30.0 Å². The quantitative estimate of drug-likeness (QED) is 0.533. The number of benzene rings is 2. The zero-order chi connectivity index (χ0) is 21.5. The van der Waals surface area contributed by atoms with Crippen molar-refractivity contribution >= 4 is 40.6 Å². The molecule has 1 saturated heterocycles. The second kappa shape index (κ2) is 9.93. The second-order valence-electron chi connectivity index (χ2n) is 5.94. The third-order valence-corrected chi connectivity index (χ3v) is 4.77. The summed E-state index contributed by atoms with van der Waals surface area (Å²) in [5, 5.41) is 2.91. The number of amidine groups is 1. The number of amides is 1. The van der Waals surface area contributed by atoms with Gasteiger partial charge in [0.15, 0.2) is 23.3 Å². The summed E-state index contributed by atoms with van der Waals surface area (Å²) in [5.41, 5.74) is 0.825. The molecule has 0 bridgehead atoms. The molecular weight excluding hydrogens is 411 g/mol. The van der Waals surface area contributed by atoms with Gasteiger partial charge in [0.2, 0.25) is 0 Å². The van der Waals surface area contributed by atoms with Crippen molar-refractivity contribution in [2.45, 2.75) is 6.92 Å². The standard InChI is InChI=1S/C21H19FN2O5S/c1-3-28-19(25)12-29-16-9-8-13(10-17(16)27-2)11-18-20(26)24-21(30-18)23-15-7-5-4-6-14(15)22/h4-11H,3,12H2,1-2H3,(H,23,24,26)/b18-11-. The van der Waals surface area contributed by atoms with Crippen LogP contribution in [-0.4, -0.2) is 37.4 Å². The number of halogens is 1. The fourth-order valence-corrected chi connectivity index (χ4v) is 3.35. The minimum atomic E-state index is -0.480. The molecule has 3 rings (SSSR count). The van der Waals surface area contributed by atoms with Crippen LogP contribution in [0.1, 0.15) is 12.5 Å². The Balaban J connectivity index is 1.75. The zero-order valence-corrected chi connectivity index (χ0v) is 17.1. The Morgan fingerprint density at radius 3 is 2.77 bits per heavy atom. The molecule has 2 aromatic rings. The van der Waals surface area contributed by atoms with Crippen molar-refractivity contribution in [3.05, 3.63) is 58.8 Å². The van der Waals surface area contributed by atoms with Gasteiger partial charge < -0.3 is 19.5 Å². The first-order valence-corrected chi connectivity index (χ1v) is 9.82. The predicted octanol–water partition coefficient (Wildman–Crippen LogP) is 3.67. The summed E-state index contributed by atoms with van der Waals surface area (Å²) in [6.07, 6.45) is 1.65. The number of carbonyl (C=O) groups is 2. The van der Waals surface area contributed by atoms with Crippen LogP contribution in [-0.2, 0) is 14.3 Å². The van der Waals surface area contributed by atoms with Crippen molar-refractivity contribution in [1.29, 1.82) is 0 Å². The molecule has 1 aliphatic heterocycles. The van der Waals surface area contributed by atoms with E-state index in [2.05, 4.69) is 10.3 Å². The van der Waals surface area contributed by atoms with Gasteiger partial charge in [-0.1, -0.05) is 18.2 Å². The number of ether oxygens (including phenoxy) is 3. The van der Waals surface area contributed by atoms with Gasteiger partial charge in [-0.15, -0.1) is 0 Å². The molecule has 1 aliphatic rings. The van der Waals surface area contributed by atoms with Gasteiger partial charge in [0.1, 0.15) is 11.5 Å². The van der Waals surface area contributed by atoms with Crippen molar-refractivity contribution in [2.24, 2.45) is 4.99 Å². The number of aliphatic imine (C=N–C) groups is 1. The van der Waals surface area contributed by atoms with E-state index in [1.165, 1.54) is 19.2 Å². The minimum absolute atomic E-state index is 0.145. The number of thioether (sulfide) groups is 1. The molecule has 30 heavy (non-hydrogen) atoms. The van der Waals surface area contributed by atoms with Crippen molar-refractivity contribution in [2.75, 3.05) is 20.3 Å². The molecule has 9 heteroatoms. The Morgan fingerprint density at radius 2 is 2.03 bits per heavy atom. The molecule has 1 heterocycles. The summed E-state index contributed by atoms with van der Waals surface area (Å²) in [7, 11) is 1.47. The lowest BCUT2D eigenvalue weighted by Gasteiger charge is -2.11. The topological polar surface area (TPSA) is 86.2 Å². The summed E-state index contributed by atoms with van der Waals surface area (Å²) in [4.78, 5) is 28.2. The maximum absolute atomic E-state index is 13.8. The van der Waals surface area contributed by atoms with Crippen LogP contribution in [0.3, 0.4) is 0 Å². The van der Waals surface area contributed by atoms with Gasteiger partial charge in [-0.25, -0.2) is 14.2 Å². The summed E-state index contributed by atoms with van der Waals surface area (Å²) in [5.74, 6) is -0.515. The van der Waals surface area contributed by atoms with Crippen molar-refractivity contribution in [1.82, 2.24) is 5.32 Å². The number of para-hydroxylation sites is 1. The van der Waals surface area contributed by atoms with E-state index in [9.17, 15) is 14.0 Å². The van der Waals surface area contributed by atoms with Gasteiger partial charge in [0, 0.05) is 0 Å². The lowest BCUT2D eigenvalue weighted by Crippen LogP contribution is -2.19. The SMILES string of the molecule is CCOC(=O)COc1ccc(/C=C2\SC(=Nc3ccccc3F)NC2=O)cc1OC. The molecule has 1 N–H and O–H groups in total. The van der Waals surface area contributed by atoms with Crippen LogP contribution < -0.4 is 14.8 Å². The summed E-state index contributed by atoms with van der Waals surface area (Å²) in [6, 6.07) is 11.1. The van der Waals surface area contributed by atoms with Gasteiger partial charge in [0.05, 0.1) is 18.6 Å². The highest BCUT2D eigenvalue weighted by Gasteiger charge is 2.24. The van der Waals surface area contributed by atoms with Gasteiger partial charge in [-0.2, -0.15) is 0 Å². The number of hydrogen-bond donors (Lipinski definition) is 1. The Bertz CT molecular complexity index is 1020. The molecular formula is C21H19FN2O5S. The highest BCUT2D eigenvalue weighted by Crippen LogP contribution is 2.32. The number of nitrogens with one attached hydrogen (secondary N) is 1. The van der Waals surface area contributed by atoms with Crippen molar-refractivity contribution in [3.8, 4) is 11.5 Å². The summed E-state index contributed by atoms with van der Waals surface area (Å²) < 4.78 is 29.3. The molecule has 1 amide bonds. The van der Waals surface area contributed by atoms with Crippen molar-refractivity contribution in [3.63, 3.8) is 0 Å². The molecule has 7 nitrogen and oxygen atoms in total. The normalized spacial score (nSPS) is 15.9. The summed E-state index contributed by atoms with van der Waals surface area (Å²) >= 11 is 1.10. The summed E-state index contributed by atoms with van der Waals surface area (Å²) in [6.45, 7) is 1.75. The lowest BCUT2D eigenvalue weighted by atomic mass is 10.2.